The minimum absolute atomic E-state index is 0.141. The number of carbonyl (C=O) groups excluding carboxylic acids is 2. The van der Waals surface area contributed by atoms with E-state index in [9.17, 15) is 43.6 Å². The summed E-state index contributed by atoms with van der Waals surface area (Å²) in [6.07, 6.45) is 22.6. The van der Waals surface area contributed by atoms with E-state index in [0.717, 1.165) is 126 Å². The van der Waals surface area contributed by atoms with E-state index < -0.39 is 30.1 Å². The number of piperidine rings is 3. The van der Waals surface area contributed by atoms with Crippen molar-refractivity contribution < 1.29 is 43.6 Å². The van der Waals surface area contributed by atoms with Crippen LogP contribution in [-0.4, -0.2) is 174 Å². The second-order valence-electron chi connectivity index (χ2n) is 26.0. The van der Waals surface area contributed by atoms with Crippen molar-refractivity contribution in [3.05, 3.63) is 185 Å². The summed E-state index contributed by atoms with van der Waals surface area (Å²) in [5.74, 6) is 0.978. The van der Waals surface area contributed by atoms with Gasteiger partial charge in [-0.3, -0.25) is 14.6 Å². The Morgan fingerprint density at radius 3 is 1.46 bits per heavy atom. The topological polar surface area (TPSA) is 245 Å². The fourth-order valence-corrected chi connectivity index (χ4v) is 17.0. The van der Waals surface area contributed by atoms with Crippen molar-refractivity contribution in [1.82, 2.24) is 52.6 Å². The second kappa shape index (κ2) is 29.8. The minimum atomic E-state index is -3.10. The number of H-pyrrole nitrogens is 5. The Morgan fingerprint density at radius 2 is 0.948 bits per heavy atom. The van der Waals surface area contributed by atoms with Crippen molar-refractivity contribution in [2.45, 2.75) is 96.8 Å². The SMILES string of the molecule is CC(=O)N1CC=C(c2c[nH]c3cccnc23)CC1.CC(=O)N1CCC(c2c[nH]c3ccc(F)cc23)CC1.CS(=O)(=O)N1CCC(c2c[nH]c3ccc(F)cc23)CC1.Cc1[nH]c2ccccc2c1C1=CCN(S(C)(=O)=O)CC1.Cc1[nH]c2ccccc2c1C1CCN(S(C)(=O)=O)CC1. The van der Waals surface area contributed by atoms with Gasteiger partial charge in [-0.05, 0) is 171 Å². The lowest BCUT2D eigenvalue weighted by molar-refractivity contribution is -0.130. The molecule has 6 aromatic heterocycles. The van der Waals surface area contributed by atoms with Crippen molar-refractivity contribution >= 4 is 108 Å². The standard InChI is InChI=1S/C15H17FN2O.C15H20N2O2S.C15H18N2O2S.C14H17FN2O2S.C14H15N3O/c1-10(19)18-6-4-11(5-7-18)14-9-17-15-3-2-12(16)8-13(14)15;2*1-11-15(13-5-3-4-6-14(13)16-11)12-7-9-17(10-8-12)20(2,18)19;1-20(18,19)17-6-4-10(5-7-17)13-9-16-14-3-2-11(15)8-12(13)14;1-10(18)17-7-4-11(5-8-17)12-9-16-13-3-2-6-15-14(12)13/h2-3,8-9,11,17H,4-7H2,1H3;3-6,12,16H,7-10H2,1-2H3;3-7,16H,8-10H2,1-2H3;2-3,8-10,16H,4-7H2,1H3;2-4,6,9,16H,5,7-8H2,1H3. The number of sulfonamides is 3. The smallest absolute Gasteiger partial charge is 0.219 e. The van der Waals surface area contributed by atoms with Crippen LogP contribution >= 0.6 is 0 Å². The number of fused-ring (bicyclic) bond motifs is 5. The molecule has 0 spiro atoms. The van der Waals surface area contributed by atoms with Gasteiger partial charge >= 0.3 is 0 Å². The van der Waals surface area contributed by atoms with Gasteiger partial charge in [0.15, 0.2) is 0 Å². The molecule has 3 saturated heterocycles. The molecule has 24 heteroatoms. The van der Waals surface area contributed by atoms with Crippen molar-refractivity contribution in [3.63, 3.8) is 0 Å². The molecule has 2 amide bonds. The zero-order valence-electron chi connectivity index (χ0n) is 56.1. The summed E-state index contributed by atoms with van der Waals surface area (Å²) in [7, 11) is -9.24. The van der Waals surface area contributed by atoms with Crippen LogP contribution in [0.15, 0.2) is 134 Å². The number of aryl methyl sites for hydroxylation is 2. The lowest BCUT2D eigenvalue weighted by Gasteiger charge is -2.31. The number of aromatic amines is 5. The Balaban J connectivity index is 0.000000123. The van der Waals surface area contributed by atoms with Gasteiger partial charge in [0.1, 0.15) is 11.6 Å². The molecule has 0 saturated carbocycles. The first-order valence-electron chi connectivity index (χ1n) is 33.1. The van der Waals surface area contributed by atoms with E-state index in [-0.39, 0.29) is 29.4 Å². The molecular weight excluding hydrogens is 1290 g/mol. The Morgan fingerprint density at radius 1 is 0.474 bits per heavy atom. The molecule has 5 aliphatic heterocycles. The van der Waals surface area contributed by atoms with Crippen molar-refractivity contribution in [2.75, 3.05) is 84.2 Å². The molecule has 3 fully saturated rings. The Labute approximate surface area is 566 Å². The molecular formula is C73H87F2N11O8S3. The van der Waals surface area contributed by atoms with Crippen LogP contribution in [0.2, 0.25) is 0 Å². The normalized spacial score (nSPS) is 17.6. The number of hydrogen-bond acceptors (Lipinski definition) is 9. The number of benzene rings is 4. The number of nitrogens with one attached hydrogen (secondary N) is 5. The summed E-state index contributed by atoms with van der Waals surface area (Å²) in [5, 5.41) is 4.37. The first-order valence-corrected chi connectivity index (χ1v) is 38.7. The van der Waals surface area contributed by atoms with Gasteiger partial charge in [-0.25, -0.2) is 42.6 Å². The fraction of sp³-hybridized carbons (Fsp3) is 0.384. The first-order chi connectivity index (χ1) is 46.3. The van der Waals surface area contributed by atoms with Crippen LogP contribution in [0, 0.1) is 25.5 Å². The highest BCUT2D eigenvalue weighted by molar-refractivity contribution is 7.88. The maximum Gasteiger partial charge on any atom is 0.219 e. The highest BCUT2D eigenvalue weighted by Gasteiger charge is 2.31. The quantitative estimate of drug-likeness (QED) is 0.0970. The van der Waals surface area contributed by atoms with Crippen LogP contribution in [0.3, 0.4) is 0 Å². The molecule has 15 rings (SSSR count). The van der Waals surface area contributed by atoms with Crippen LogP contribution in [0.5, 0.6) is 0 Å². The Kier molecular flexibility index (Phi) is 21.6. The van der Waals surface area contributed by atoms with E-state index in [1.54, 1.807) is 42.4 Å². The highest BCUT2D eigenvalue weighted by atomic mass is 32.2. The number of aromatic nitrogens is 6. The summed E-state index contributed by atoms with van der Waals surface area (Å²) in [6.45, 7) is 13.8. The van der Waals surface area contributed by atoms with Crippen LogP contribution in [0.1, 0.15) is 122 Å². The maximum absolute atomic E-state index is 13.4. The summed E-state index contributed by atoms with van der Waals surface area (Å²) in [6, 6.07) is 30.1. The number of para-hydroxylation sites is 2. The molecule has 0 aliphatic carbocycles. The number of halogens is 2. The molecule has 0 atom stereocenters. The number of rotatable bonds is 8. The highest BCUT2D eigenvalue weighted by Crippen LogP contribution is 2.39. The van der Waals surface area contributed by atoms with E-state index in [1.165, 1.54) is 89.3 Å². The van der Waals surface area contributed by atoms with E-state index in [1.807, 2.05) is 71.0 Å². The number of nitrogens with zero attached hydrogens (tertiary/aromatic N) is 6. The molecule has 10 aromatic rings. The lowest BCUT2D eigenvalue weighted by Crippen LogP contribution is -2.37. The van der Waals surface area contributed by atoms with E-state index in [4.69, 9.17) is 0 Å². The van der Waals surface area contributed by atoms with Gasteiger partial charge in [0.25, 0.3) is 0 Å². The summed E-state index contributed by atoms with van der Waals surface area (Å²) < 4.78 is 101. The van der Waals surface area contributed by atoms with Crippen LogP contribution in [-0.2, 0) is 39.7 Å². The van der Waals surface area contributed by atoms with Crippen molar-refractivity contribution in [1.29, 1.82) is 0 Å². The predicted molar refractivity (Wildman–Crippen MR) is 384 cm³/mol. The third-order valence-electron chi connectivity index (χ3n) is 19.7. The summed E-state index contributed by atoms with van der Waals surface area (Å²) in [4.78, 5) is 47.2. The van der Waals surface area contributed by atoms with Gasteiger partial charge in [-0.2, -0.15) is 4.31 Å². The number of pyridine rings is 1. The van der Waals surface area contributed by atoms with Gasteiger partial charge in [-0.1, -0.05) is 48.6 Å². The largest absolute Gasteiger partial charge is 0.361 e. The average molecular weight is 1380 g/mol. The predicted octanol–water partition coefficient (Wildman–Crippen LogP) is 12.8. The van der Waals surface area contributed by atoms with Gasteiger partial charge < -0.3 is 34.7 Å². The third-order valence-corrected chi connectivity index (χ3v) is 23.5. The van der Waals surface area contributed by atoms with Gasteiger partial charge in [0.05, 0.1) is 29.8 Å². The van der Waals surface area contributed by atoms with Crippen LogP contribution in [0.4, 0.5) is 8.78 Å². The van der Waals surface area contributed by atoms with E-state index in [0.29, 0.717) is 57.6 Å². The number of amides is 2. The van der Waals surface area contributed by atoms with Crippen LogP contribution < -0.4 is 0 Å². The van der Waals surface area contributed by atoms with E-state index >= 15 is 0 Å². The molecule has 19 nitrogen and oxygen atoms in total. The monoisotopic (exact) mass is 1380 g/mol. The zero-order chi connectivity index (χ0) is 68.9. The number of likely N-dealkylation sites (tertiary alicyclic amines) is 1. The van der Waals surface area contributed by atoms with Gasteiger partial charge in [0, 0.05) is 170 Å². The van der Waals surface area contributed by atoms with Gasteiger partial charge in [-0.15, -0.1) is 0 Å². The van der Waals surface area contributed by atoms with Crippen molar-refractivity contribution in [2.24, 2.45) is 0 Å². The Bertz CT molecular complexity index is 4910. The lowest BCUT2D eigenvalue weighted by atomic mass is 9.88. The fourth-order valence-electron chi connectivity index (χ4n) is 14.5. The molecule has 0 bridgehead atoms. The molecule has 514 valence electrons. The molecule has 0 unspecified atom stereocenters. The third kappa shape index (κ3) is 16.5. The molecule has 5 aliphatic rings. The molecule has 5 N–H and O–H groups in total. The first kappa shape index (κ1) is 70.1. The minimum Gasteiger partial charge on any atom is -0.361 e. The zero-order valence-corrected chi connectivity index (χ0v) is 58.5. The van der Waals surface area contributed by atoms with E-state index in [2.05, 4.69) is 80.2 Å². The number of carbonyl (C=O) groups is 2. The average Bonchev–Trinajstić information content (AvgIpc) is 1.62. The molecule has 4 aromatic carbocycles. The summed E-state index contributed by atoms with van der Waals surface area (Å²) >= 11 is 0. The Hall–Kier alpha value is -8.26. The number of hydrogen-bond donors (Lipinski definition) is 5. The van der Waals surface area contributed by atoms with Crippen molar-refractivity contribution in [3.8, 4) is 0 Å². The second-order valence-corrected chi connectivity index (χ2v) is 32.0. The maximum atomic E-state index is 13.4. The summed E-state index contributed by atoms with van der Waals surface area (Å²) in [5.41, 5.74) is 17.2. The molecule has 11 heterocycles. The molecule has 0 radical (unpaired) electrons. The van der Waals surface area contributed by atoms with Crippen LogP contribution in [0.25, 0.3) is 65.8 Å². The molecule has 97 heavy (non-hydrogen) atoms. The van der Waals surface area contributed by atoms with Gasteiger partial charge in [0.2, 0.25) is 41.9 Å².